The van der Waals surface area contributed by atoms with Crippen LogP contribution >= 0.6 is 11.6 Å². The number of benzene rings is 1. The summed E-state index contributed by atoms with van der Waals surface area (Å²) in [5.74, 6) is 0.706. The largest absolute Gasteiger partial charge is 0.372 e. The number of nitrogens with two attached hydrogens (primary N) is 1. The van der Waals surface area contributed by atoms with Gasteiger partial charge in [0.05, 0.1) is 0 Å². The summed E-state index contributed by atoms with van der Waals surface area (Å²) in [7, 11) is 0. The lowest BCUT2D eigenvalue weighted by molar-refractivity contribution is 0.485. The van der Waals surface area contributed by atoms with E-state index in [1.54, 1.807) is 0 Å². The molecule has 1 saturated heterocycles. The smallest absolute Gasteiger partial charge is 0.0407 e. The van der Waals surface area contributed by atoms with Crippen LogP contribution in [0, 0.1) is 5.92 Å². The van der Waals surface area contributed by atoms with Crippen LogP contribution in [0.4, 0.5) is 5.69 Å². The van der Waals surface area contributed by atoms with Crippen LogP contribution in [0.3, 0.4) is 0 Å². The zero-order chi connectivity index (χ0) is 11.4. The van der Waals surface area contributed by atoms with E-state index in [-0.39, 0.29) is 0 Å². The molecule has 3 heteroatoms. The van der Waals surface area contributed by atoms with Crippen molar-refractivity contribution in [2.45, 2.75) is 19.3 Å². The molecule has 0 amide bonds. The molecule has 2 nitrogen and oxygen atoms in total. The Morgan fingerprint density at radius 2 is 1.94 bits per heavy atom. The summed E-state index contributed by atoms with van der Waals surface area (Å²) in [5.41, 5.74) is 7.02. The van der Waals surface area contributed by atoms with Gasteiger partial charge in [-0.3, -0.25) is 0 Å². The minimum Gasteiger partial charge on any atom is -0.372 e. The molecule has 0 aliphatic carbocycles. The topological polar surface area (TPSA) is 29.3 Å². The van der Waals surface area contributed by atoms with Gasteiger partial charge in [-0.2, -0.15) is 0 Å². The summed E-state index contributed by atoms with van der Waals surface area (Å²) < 4.78 is 0. The first-order valence-corrected chi connectivity index (χ1v) is 6.38. The van der Waals surface area contributed by atoms with Crippen molar-refractivity contribution in [2.24, 2.45) is 11.7 Å². The number of rotatable bonds is 2. The van der Waals surface area contributed by atoms with Crippen LogP contribution in [-0.4, -0.2) is 19.6 Å². The number of halogens is 1. The molecule has 16 heavy (non-hydrogen) atoms. The summed E-state index contributed by atoms with van der Waals surface area (Å²) in [6.45, 7) is 3.08. The molecule has 1 heterocycles. The summed E-state index contributed by atoms with van der Waals surface area (Å²) in [6.07, 6.45) is 3.71. The zero-order valence-electron chi connectivity index (χ0n) is 9.53. The maximum Gasteiger partial charge on any atom is 0.0407 e. The Morgan fingerprint density at radius 3 is 2.62 bits per heavy atom. The Balaban J connectivity index is 2.02. The molecular formula is C13H19ClN2. The molecule has 1 atom stereocenters. The Kier molecular flexibility index (Phi) is 4.08. The Hall–Kier alpha value is -0.730. The number of nitrogens with zero attached hydrogens (tertiary/aromatic N) is 1. The maximum atomic E-state index is 5.89. The van der Waals surface area contributed by atoms with E-state index in [4.69, 9.17) is 17.3 Å². The van der Waals surface area contributed by atoms with Gasteiger partial charge < -0.3 is 10.6 Å². The van der Waals surface area contributed by atoms with Crippen LogP contribution in [0.25, 0.3) is 0 Å². The third kappa shape index (κ3) is 2.89. The highest BCUT2D eigenvalue weighted by Gasteiger charge is 2.15. The van der Waals surface area contributed by atoms with E-state index in [0.717, 1.165) is 24.7 Å². The zero-order valence-corrected chi connectivity index (χ0v) is 10.3. The first-order valence-electron chi connectivity index (χ1n) is 6.00. The van der Waals surface area contributed by atoms with Gasteiger partial charge in [0, 0.05) is 23.8 Å². The predicted molar refractivity (Wildman–Crippen MR) is 70.1 cm³/mol. The third-order valence-electron chi connectivity index (χ3n) is 3.37. The number of hydrogen-bond acceptors (Lipinski definition) is 2. The molecule has 0 saturated carbocycles. The molecule has 1 fully saturated rings. The van der Waals surface area contributed by atoms with Gasteiger partial charge in [-0.15, -0.1) is 0 Å². The maximum absolute atomic E-state index is 5.89. The summed E-state index contributed by atoms with van der Waals surface area (Å²) in [4.78, 5) is 2.44. The van der Waals surface area contributed by atoms with Crippen molar-refractivity contribution in [2.75, 3.05) is 24.5 Å². The fourth-order valence-electron chi connectivity index (χ4n) is 2.31. The van der Waals surface area contributed by atoms with E-state index >= 15 is 0 Å². The second-order valence-electron chi connectivity index (χ2n) is 4.50. The second-order valence-corrected chi connectivity index (χ2v) is 4.93. The Bertz CT molecular complexity index is 323. The molecule has 1 aromatic rings. The van der Waals surface area contributed by atoms with E-state index < -0.39 is 0 Å². The highest BCUT2D eigenvalue weighted by atomic mass is 35.5. The normalized spacial score (nSPS) is 21.9. The van der Waals surface area contributed by atoms with Crippen molar-refractivity contribution in [1.29, 1.82) is 0 Å². The molecule has 2 rings (SSSR count). The number of anilines is 1. The lowest BCUT2D eigenvalue weighted by atomic mass is 10.0. The van der Waals surface area contributed by atoms with Gasteiger partial charge >= 0.3 is 0 Å². The molecule has 1 aliphatic heterocycles. The molecule has 0 bridgehead atoms. The summed E-state index contributed by atoms with van der Waals surface area (Å²) in [6, 6.07) is 8.13. The molecule has 0 aromatic heterocycles. The molecule has 0 radical (unpaired) electrons. The number of hydrogen-bond donors (Lipinski definition) is 1. The van der Waals surface area contributed by atoms with E-state index in [0.29, 0.717) is 5.92 Å². The fraction of sp³-hybridized carbons (Fsp3) is 0.538. The van der Waals surface area contributed by atoms with E-state index in [1.807, 2.05) is 12.1 Å². The van der Waals surface area contributed by atoms with Crippen LogP contribution in [0.1, 0.15) is 19.3 Å². The van der Waals surface area contributed by atoms with Gasteiger partial charge in [0.2, 0.25) is 0 Å². The van der Waals surface area contributed by atoms with Crippen LogP contribution in [0.5, 0.6) is 0 Å². The first-order chi connectivity index (χ1) is 7.79. The highest BCUT2D eigenvalue weighted by molar-refractivity contribution is 6.30. The summed E-state index contributed by atoms with van der Waals surface area (Å²) in [5, 5.41) is 0.804. The summed E-state index contributed by atoms with van der Waals surface area (Å²) >= 11 is 5.89. The fourth-order valence-corrected chi connectivity index (χ4v) is 2.44. The van der Waals surface area contributed by atoms with Crippen molar-refractivity contribution in [3.8, 4) is 0 Å². The molecule has 88 valence electrons. The molecule has 1 aromatic carbocycles. The molecule has 0 spiro atoms. The minimum atomic E-state index is 0.706. The lowest BCUT2D eigenvalue weighted by Gasteiger charge is -2.22. The van der Waals surface area contributed by atoms with Gasteiger partial charge in [-0.1, -0.05) is 11.6 Å². The highest BCUT2D eigenvalue weighted by Crippen LogP contribution is 2.23. The van der Waals surface area contributed by atoms with E-state index in [9.17, 15) is 0 Å². The van der Waals surface area contributed by atoms with Crippen LogP contribution in [0.15, 0.2) is 24.3 Å². The monoisotopic (exact) mass is 238 g/mol. The van der Waals surface area contributed by atoms with Gasteiger partial charge in [0.15, 0.2) is 0 Å². The molecule has 1 unspecified atom stereocenters. The minimum absolute atomic E-state index is 0.706. The van der Waals surface area contributed by atoms with Crippen molar-refractivity contribution < 1.29 is 0 Å². The van der Waals surface area contributed by atoms with Crippen molar-refractivity contribution in [3.63, 3.8) is 0 Å². The third-order valence-corrected chi connectivity index (χ3v) is 3.62. The van der Waals surface area contributed by atoms with Gasteiger partial charge in [0.25, 0.3) is 0 Å². The predicted octanol–water partition coefficient (Wildman–Crippen LogP) is 2.91. The quantitative estimate of drug-likeness (QED) is 0.859. The van der Waals surface area contributed by atoms with Gasteiger partial charge in [-0.05, 0) is 56.0 Å². The van der Waals surface area contributed by atoms with E-state index in [1.165, 1.54) is 24.9 Å². The van der Waals surface area contributed by atoms with Gasteiger partial charge in [-0.25, -0.2) is 0 Å². The molecule has 2 N–H and O–H groups in total. The average Bonchev–Trinajstić information content (AvgIpc) is 2.55. The van der Waals surface area contributed by atoms with Crippen molar-refractivity contribution in [1.82, 2.24) is 0 Å². The van der Waals surface area contributed by atoms with Crippen LogP contribution < -0.4 is 10.6 Å². The average molecular weight is 239 g/mol. The second kappa shape index (κ2) is 5.55. The first kappa shape index (κ1) is 11.7. The van der Waals surface area contributed by atoms with Gasteiger partial charge in [0.1, 0.15) is 0 Å². The Labute approximate surface area is 102 Å². The van der Waals surface area contributed by atoms with E-state index in [2.05, 4.69) is 17.0 Å². The van der Waals surface area contributed by atoms with Crippen molar-refractivity contribution in [3.05, 3.63) is 29.3 Å². The molecular weight excluding hydrogens is 220 g/mol. The standard InChI is InChI=1S/C13H19ClN2/c14-12-3-5-13(6-4-12)16-8-1-2-11(10-15)7-9-16/h3-6,11H,1-2,7-10,15H2. The lowest BCUT2D eigenvalue weighted by Crippen LogP contribution is -2.24. The van der Waals surface area contributed by atoms with Crippen LogP contribution in [-0.2, 0) is 0 Å². The SMILES string of the molecule is NCC1CCCN(c2ccc(Cl)cc2)CC1. The Morgan fingerprint density at radius 1 is 1.19 bits per heavy atom. The van der Waals surface area contributed by atoms with Crippen molar-refractivity contribution >= 4 is 17.3 Å². The molecule has 1 aliphatic rings. The van der Waals surface area contributed by atoms with Crippen LogP contribution in [0.2, 0.25) is 5.02 Å².